The molecule has 1 saturated heterocycles. The summed E-state index contributed by atoms with van der Waals surface area (Å²) in [7, 11) is 1.78. The van der Waals surface area contributed by atoms with Gasteiger partial charge in [0.15, 0.2) is 5.69 Å². The van der Waals surface area contributed by atoms with Crippen LogP contribution in [-0.4, -0.2) is 49.3 Å². The van der Waals surface area contributed by atoms with Gasteiger partial charge in [0.05, 0.1) is 16.8 Å². The minimum atomic E-state index is -0.865. The largest absolute Gasteiger partial charge is 0.336 e. The smallest absolute Gasteiger partial charge is 0.277 e. The van der Waals surface area contributed by atoms with Gasteiger partial charge in [-0.05, 0) is 42.8 Å². The van der Waals surface area contributed by atoms with Crippen molar-refractivity contribution in [2.24, 2.45) is 12.8 Å². The molecule has 0 aliphatic carbocycles. The summed E-state index contributed by atoms with van der Waals surface area (Å²) in [6.45, 7) is 0.721. The molecule has 0 bridgehead atoms. The molecule has 8 nitrogen and oxygen atoms in total. The standard InChI is InChI=1S/C23H19F2N7O/c1-30-11-15-4-5-17(9-19(15)29-30)32-21(25)20(23(33)31-7-6-16(27)12-31)28-22(32)13-2-3-14(10-26)18(24)8-13/h2-5,8-9,11,16H,6-7,12,27H2,1H3/t16-/m0/s1. The van der Waals surface area contributed by atoms with E-state index in [4.69, 9.17) is 11.0 Å². The lowest BCUT2D eigenvalue weighted by Crippen LogP contribution is -2.32. The van der Waals surface area contributed by atoms with E-state index in [2.05, 4.69) is 10.1 Å². The van der Waals surface area contributed by atoms with Crippen molar-refractivity contribution in [1.82, 2.24) is 24.2 Å². The van der Waals surface area contributed by atoms with E-state index in [1.807, 2.05) is 6.20 Å². The predicted molar refractivity (Wildman–Crippen MR) is 116 cm³/mol. The van der Waals surface area contributed by atoms with Crippen LogP contribution in [0, 0.1) is 23.1 Å². The Kier molecular flexibility index (Phi) is 4.91. The van der Waals surface area contributed by atoms with Crippen LogP contribution in [0.15, 0.2) is 42.6 Å². The number of amides is 1. The summed E-state index contributed by atoms with van der Waals surface area (Å²) in [6, 6.07) is 10.6. The Morgan fingerprint density at radius 1 is 1.24 bits per heavy atom. The number of hydrogen-bond acceptors (Lipinski definition) is 5. The third-order valence-electron chi connectivity index (χ3n) is 5.75. The van der Waals surface area contributed by atoms with Crippen molar-refractivity contribution in [3.8, 4) is 23.1 Å². The number of likely N-dealkylation sites (tertiary alicyclic amines) is 1. The Morgan fingerprint density at radius 3 is 2.76 bits per heavy atom. The molecular weight excluding hydrogens is 428 g/mol. The van der Waals surface area contributed by atoms with Crippen LogP contribution in [0.3, 0.4) is 0 Å². The maximum atomic E-state index is 15.8. The normalized spacial score (nSPS) is 15.8. The molecule has 0 spiro atoms. The van der Waals surface area contributed by atoms with Crippen molar-refractivity contribution in [3.05, 3.63) is 65.6 Å². The Balaban J connectivity index is 1.70. The maximum Gasteiger partial charge on any atom is 0.277 e. The van der Waals surface area contributed by atoms with Crippen LogP contribution in [-0.2, 0) is 7.05 Å². The van der Waals surface area contributed by atoms with Crippen LogP contribution in [0.2, 0.25) is 0 Å². The van der Waals surface area contributed by atoms with E-state index >= 15 is 4.39 Å². The van der Waals surface area contributed by atoms with Crippen molar-refractivity contribution in [1.29, 1.82) is 5.26 Å². The van der Waals surface area contributed by atoms with E-state index in [1.165, 1.54) is 17.0 Å². The zero-order valence-corrected chi connectivity index (χ0v) is 17.7. The quantitative estimate of drug-likeness (QED) is 0.520. The molecule has 5 rings (SSSR count). The van der Waals surface area contributed by atoms with Gasteiger partial charge in [0.25, 0.3) is 5.91 Å². The fourth-order valence-corrected chi connectivity index (χ4v) is 4.10. The lowest BCUT2D eigenvalue weighted by atomic mass is 10.1. The summed E-state index contributed by atoms with van der Waals surface area (Å²) in [5.41, 5.74) is 6.62. The molecule has 3 heterocycles. The molecule has 1 aliphatic heterocycles. The number of carbonyl (C=O) groups excluding carboxylic acids is 1. The van der Waals surface area contributed by atoms with Crippen LogP contribution >= 0.6 is 0 Å². The maximum absolute atomic E-state index is 15.8. The second-order valence-electron chi connectivity index (χ2n) is 8.06. The first-order valence-electron chi connectivity index (χ1n) is 10.3. The molecule has 1 atom stereocenters. The number of nitriles is 1. The predicted octanol–water partition coefficient (Wildman–Crippen LogP) is 2.75. The zero-order valence-electron chi connectivity index (χ0n) is 17.7. The van der Waals surface area contributed by atoms with Gasteiger partial charge < -0.3 is 10.6 Å². The first kappa shape index (κ1) is 20.8. The van der Waals surface area contributed by atoms with Gasteiger partial charge in [0.2, 0.25) is 5.95 Å². The van der Waals surface area contributed by atoms with Gasteiger partial charge in [-0.2, -0.15) is 14.8 Å². The van der Waals surface area contributed by atoms with Crippen molar-refractivity contribution in [3.63, 3.8) is 0 Å². The number of aryl methyl sites for hydroxylation is 1. The fourth-order valence-electron chi connectivity index (χ4n) is 4.10. The number of hydrogen-bond donors (Lipinski definition) is 1. The summed E-state index contributed by atoms with van der Waals surface area (Å²) in [6.07, 6.45) is 2.45. The van der Waals surface area contributed by atoms with E-state index in [0.717, 1.165) is 16.0 Å². The summed E-state index contributed by atoms with van der Waals surface area (Å²) in [4.78, 5) is 18.8. The summed E-state index contributed by atoms with van der Waals surface area (Å²) < 4.78 is 33.0. The SMILES string of the molecule is Cn1cc2ccc(-n3c(-c4ccc(C#N)c(F)c4)nc(C(=O)N4CC[C@H](N)C4)c3F)cc2n1. The molecule has 0 saturated carbocycles. The highest BCUT2D eigenvalue weighted by Gasteiger charge is 2.31. The summed E-state index contributed by atoms with van der Waals surface area (Å²) in [5, 5.41) is 14.3. The van der Waals surface area contributed by atoms with Crippen LogP contribution in [0.25, 0.3) is 28.0 Å². The van der Waals surface area contributed by atoms with E-state index < -0.39 is 17.7 Å². The van der Waals surface area contributed by atoms with Crippen molar-refractivity contribution in [2.45, 2.75) is 12.5 Å². The lowest BCUT2D eigenvalue weighted by Gasteiger charge is -2.14. The highest BCUT2D eigenvalue weighted by molar-refractivity contribution is 5.94. The molecule has 4 aromatic rings. The number of fused-ring (bicyclic) bond motifs is 1. The minimum Gasteiger partial charge on any atom is -0.336 e. The number of nitrogens with two attached hydrogens (primary N) is 1. The third-order valence-corrected chi connectivity index (χ3v) is 5.75. The van der Waals surface area contributed by atoms with Crippen LogP contribution in [0.5, 0.6) is 0 Å². The van der Waals surface area contributed by atoms with Gasteiger partial charge >= 0.3 is 0 Å². The first-order valence-corrected chi connectivity index (χ1v) is 10.3. The average Bonchev–Trinajstić information content (AvgIpc) is 3.48. The molecule has 10 heteroatoms. The fraction of sp³-hybridized carbons (Fsp3) is 0.217. The number of rotatable bonds is 3. The van der Waals surface area contributed by atoms with Gasteiger partial charge in [-0.3, -0.25) is 14.0 Å². The van der Waals surface area contributed by atoms with E-state index in [9.17, 15) is 9.18 Å². The molecule has 2 aromatic carbocycles. The first-order chi connectivity index (χ1) is 15.9. The van der Waals surface area contributed by atoms with Crippen LogP contribution < -0.4 is 5.73 Å². The summed E-state index contributed by atoms with van der Waals surface area (Å²) >= 11 is 0. The molecule has 0 radical (unpaired) electrons. The van der Waals surface area contributed by atoms with Gasteiger partial charge in [-0.1, -0.05) is 0 Å². The van der Waals surface area contributed by atoms with Crippen molar-refractivity contribution >= 4 is 16.8 Å². The number of aromatic nitrogens is 4. The van der Waals surface area contributed by atoms with E-state index in [0.29, 0.717) is 30.7 Å². The monoisotopic (exact) mass is 447 g/mol. The third kappa shape index (κ3) is 3.52. The molecule has 2 aromatic heterocycles. The van der Waals surface area contributed by atoms with Crippen LogP contribution in [0.4, 0.5) is 8.78 Å². The summed E-state index contributed by atoms with van der Waals surface area (Å²) in [5.74, 6) is -2.16. The molecular formula is C23H19F2N7O. The number of imidazole rings is 1. The average molecular weight is 447 g/mol. The number of benzene rings is 2. The zero-order chi connectivity index (χ0) is 23.3. The topological polar surface area (TPSA) is 106 Å². The number of nitrogens with zero attached hydrogens (tertiary/aromatic N) is 6. The molecule has 1 fully saturated rings. The van der Waals surface area contributed by atoms with Crippen LogP contribution in [0.1, 0.15) is 22.5 Å². The van der Waals surface area contributed by atoms with Gasteiger partial charge in [0, 0.05) is 43.3 Å². The van der Waals surface area contributed by atoms with Gasteiger partial charge in [0.1, 0.15) is 17.7 Å². The Bertz CT molecular complexity index is 1450. The van der Waals surface area contributed by atoms with Gasteiger partial charge in [-0.15, -0.1) is 0 Å². The second kappa shape index (κ2) is 7.79. The lowest BCUT2D eigenvalue weighted by molar-refractivity contribution is 0.0780. The number of halogens is 2. The van der Waals surface area contributed by atoms with E-state index in [-0.39, 0.29) is 28.7 Å². The molecule has 33 heavy (non-hydrogen) atoms. The molecule has 166 valence electrons. The molecule has 1 amide bonds. The van der Waals surface area contributed by atoms with Crippen molar-refractivity contribution in [2.75, 3.05) is 13.1 Å². The minimum absolute atomic E-state index is 0.0398. The molecule has 0 unspecified atom stereocenters. The highest BCUT2D eigenvalue weighted by Crippen LogP contribution is 2.29. The molecule has 2 N–H and O–H groups in total. The van der Waals surface area contributed by atoms with E-state index in [1.54, 1.807) is 36.0 Å². The second-order valence-corrected chi connectivity index (χ2v) is 8.06. The number of carbonyl (C=O) groups is 1. The van der Waals surface area contributed by atoms with Crippen molar-refractivity contribution < 1.29 is 13.6 Å². The Morgan fingerprint density at radius 2 is 2.06 bits per heavy atom. The molecule has 1 aliphatic rings. The highest BCUT2D eigenvalue weighted by atomic mass is 19.1. The van der Waals surface area contributed by atoms with Gasteiger partial charge in [-0.25, -0.2) is 9.37 Å². The Hall–Kier alpha value is -4.10. The Labute approximate surface area is 187 Å².